The molecular weight excluding hydrogens is 340 g/mol. The van der Waals surface area contributed by atoms with Crippen molar-refractivity contribution in [3.8, 4) is 11.5 Å². The first-order chi connectivity index (χ1) is 13.1. The van der Waals surface area contributed by atoms with Crippen LogP contribution in [0.5, 0.6) is 11.5 Å². The van der Waals surface area contributed by atoms with Gasteiger partial charge in [-0.2, -0.15) is 0 Å². The normalized spacial score (nSPS) is 12.6. The van der Waals surface area contributed by atoms with Crippen LogP contribution in [0.3, 0.4) is 0 Å². The van der Waals surface area contributed by atoms with E-state index in [-0.39, 0.29) is 6.04 Å². The van der Waals surface area contributed by atoms with Crippen LogP contribution in [0.2, 0.25) is 0 Å². The fourth-order valence-corrected chi connectivity index (χ4v) is 2.81. The molecule has 0 amide bonds. The van der Waals surface area contributed by atoms with Crippen molar-refractivity contribution in [1.82, 2.24) is 15.5 Å². The Balaban J connectivity index is 1.95. The Morgan fingerprint density at radius 1 is 1.00 bits per heavy atom. The number of ether oxygens (including phenoxy) is 2. The second-order valence-corrected chi connectivity index (χ2v) is 6.41. The number of nitrogens with one attached hydrogen (secondary N) is 2. The smallest absolute Gasteiger partial charge is 0.191 e. The fourth-order valence-electron chi connectivity index (χ4n) is 2.81. The third kappa shape index (κ3) is 6.18. The quantitative estimate of drug-likeness (QED) is 0.553. The van der Waals surface area contributed by atoms with E-state index >= 15 is 0 Å². The highest BCUT2D eigenvalue weighted by molar-refractivity contribution is 5.79. The van der Waals surface area contributed by atoms with E-state index in [1.807, 2.05) is 30.3 Å². The van der Waals surface area contributed by atoms with Crippen LogP contribution in [-0.2, 0) is 6.54 Å². The van der Waals surface area contributed by atoms with E-state index in [0.717, 1.165) is 29.6 Å². The second-order valence-electron chi connectivity index (χ2n) is 6.41. The number of nitrogens with zero attached hydrogens (tertiary/aromatic N) is 2. The Morgan fingerprint density at radius 2 is 1.70 bits per heavy atom. The molecule has 0 saturated carbocycles. The van der Waals surface area contributed by atoms with E-state index in [2.05, 4.69) is 52.8 Å². The minimum absolute atomic E-state index is 0.214. The number of rotatable bonds is 8. The lowest BCUT2D eigenvalue weighted by Crippen LogP contribution is -2.41. The van der Waals surface area contributed by atoms with Crippen molar-refractivity contribution in [3.63, 3.8) is 0 Å². The summed E-state index contributed by atoms with van der Waals surface area (Å²) in [4.78, 5) is 6.51. The van der Waals surface area contributed by atoms with Crippen molar-refractivity contribution < 1.29 is 9.47 Å². The number of hydrogen-bond acceptors (Lipinski definition) is 4. The summed E-state index contributed by atoms with van der Waals surface area (Å²) >= 11 is 0. The summed E-state index contributed by atoms with van der Waals surface area (Å²) in [7, 11) is 9.27. The molecule has 6 nitrogen and oxygen atoms in total. The summed E-state index contributed by atoms with van der Waals surface area (Å²) in [5.41, 5.74) is 2.35. The molecule has 0 aliphatic rings. The third-order valence-corrected chi connectivity index (χ3v) is 4.40. The maximum atomic E-state index is 5.27. The van der Waals surface area contributed by atoms with Crippen molar-refractivity contribution in [1.29, 1.82) is 0 Å². The van der Waals surface area contributed by atoms with E-state index in [0.29, 0.717) is 6.54 Å². The Labute approximate surface area is 162 Å². The van der Waals surface area contributed by atoms with Crippen molar-refractivity contribution >= 4 is 5.96 Å². The maximum Gasteiger partial charge on any atom is 0.191 e. The first kappa shape index (κ1) is 20.6. The monoisotopic (exact) mass is 370 g/mol. The predicted molar refractivity (Wildman–Crippen MR) is 111 cm³/mol. The lowest BCUT2D eigenvalue weighted by atomic mass is 10.1. The lowest BCUT2D eigenvalue weighted by molar-refractivity contribution is 0.298. The van der Waals surface area contributed by atoms with Gasteiger partial charge >= 0.3 is 0 Å². The highest BCUT2D eigenvalue weighted by Gasteiger charge is 2.14. The van der Waals surface area contributed by atoms with E-state index in [9.17, 15) is 0 Å². The minimum Gasteiger partial charge on any atom is -0.497 e. The molecule has 0 spiro atoms. The van der Waals surface area contributed by atoms with Crippen LogP contribution >= 0.6 is 0 Å². The molecule has 1 atom stereocenters. The Morgan fingerprint density at radius 3 is 2.30 bits per heavy atom. The van der Waals surface area contributed by atoms with Gasteiger partial charge in [0.2, 0.25) is 0 Å². The zero-order valence-electron chi connectivity index (χ0n) is 16.8. The summed E-state index contributed by atoms with van der Waals surface area (Å²) < 4.78 is 10.5. The van der Waals surface area contributed by atoms with Crippen LogP contribution in [0.1, 0.15) is 17.2 Å². The second kappa shape index (κ2) is 10.4. The van der Waals surface area contributed by atoms with Crippen LogP contribution in [-0.4, -0.2) is 52.8 Å². The van der Waals surface area contributed by atoms with Gasteiger partial charge in [-0.25, -0.2) is 0 Å². The molecule has 0 fully saturated rings. The molecule has 0 bridgehead atoms. The van der Waals surface area contributed by atoms with E-state index in [1.165, 1.54) is 5.56 Å². The SMILES string of the molecule is CN=C(NCc1cccc(OC)c1)NCC(c1ccc(OC)cc1)N(C)C. The zero-order chi connectivity index (χ0) is 19.6. The van der Waals surface area contributed by atoms with E-state index < -0.39 is 0 Å². The molecule has 0 heterocycles. The van der Waals surface area contributed by atoms with Gasteiger partial charge in [-0.15, -0.1) is 0 Å². The molecule has 0 aliphatic carbocycles. The lowest BCUT2D eigenvalue weighted by Gasteiger charge is -2.26. The zero-order valence-corrected chi connectivity index (χ0v) is 16.8. The van der Waals surface area contributed by atoms with Crippen LogP contribution in [0.15, 0.2) is 53.5 Å². The van der Waals surface area contributed by atoms with Gasteiger partial charge in [-0.1, -0.05) is 24.3 Å². The maximum absolute atomic E-state index is 5.27. The van der Waals surface area contributed by atoms with Gasteiger partial charge in [0, 0.05) is 20.1 Å². The van der Waals surface area contributed by atoms with E-state index in [4.69, 9.17) is 9.47 Å². The molecule has 1 unspecified atom stereocenters. The standard InChI is InChI=1S/C21H30N4O2/c1-22-21(23-14-16-7-6-8-19(13-16)27-5)24-15-20(25(2)3)17-9-11-18(26-4)12-10-17/h6-13,20H,14-15H2,1-5H3,(H2,22,23,24). The summed E-state index contributed by atoms with van der Waals surface area (Å²) in [6.45, 7) is 1.41. The number of methoxy groups -OCH3 is 2. The summed E-state index contributed by atoms with van der Waals surface area (Å²) in [5, 5.41) is 6.76. The molecular formula is C21H30N4O2. The molecule has 6 heteroatoms. The Bertz CT molecular complexity index is 729. The largest absolute Gasteiger partial charge is 0.497 e. The van der Waals surface area contributed by atoms with Crippen molar-refractivity contribution in [2.75, 3.05) is 41.9 Å². The Kier molecular flexibility index (Phi) is 7.95. The molecule has 0 saturated heterocycles. The molecule has 2 N–H and O–H groups in total. The number of likely N-dealkylation sites (N-methyl/N-ethyl adjacent to an activating group) is 1. The van der Waals surface area contributed by atoms with Gasteiger partial charge in [0.1, 0.15) is 11.5 Å². The Hall–Kier alpha value is -2.73. The summed E-state index contributed by atoms with van der Waals surface area (Å²) in [6.07, 6.45) is 0. The summed E-state index contributed by atoms with van der Waals surface area (Å²) in [6, 6.07) is 16.4. The highest BCUT2D eigenvalue weighted by Crippen LogP contribution is 2.20. The van der Waals surface area contributed by atoms with Gasteiger partial charge in [0.25, 0.3) is 0 Å². The average Bonchev–Trinajstić information content (AvgIpc) is 2.70. The van der Waals surface area contributed by atoms with Gasteiger partial charge in [0.05, 0.1) is 20.3 Å². The van der Waals surface area contributed by atoms with Crippen LogP contribution < -0.4 is 20.1 Å². The van der Waals surface area contributed by atoms with Gasteiger partial charge in [-0.3, -0.25) is 4.99 Å². The first-order valence-electron chi connectivity index (χ1n) is 8.95. The minimum atomic E-state index is 0.214. The molecule has 146 valence electrons. The van der Waals surface area contributed by atoms with Crippen LogP contribution in [0, 0.1) is 0 Å². The average molecular weight is 370 g/mol. The van der Waals surface area contributed by atoms with Crippen molar-refractivity contribution in [2.45, 2.75) is 12.6 Å². The molecule has 2 rings (SSSR count). The van der Waals surface area contributed by atoms with Crippen LogP contribution in [0.4, 0.5) is 0 Å². The fraction of sp³-hybridized carbons (Fsp3) is 0.381. The number of benzene rings is 2. The van der Waals surface area contributed by atoms with Crippen molar-refractivity contribution in [3.05, 3.63) is 59.7 Å². The van der Waals surface area contributed by atoms with Gasteiger partial charge in [-0.05, 0) is 49.5 Å². The van der Waals surface area contributed by atoms with Gasteiger partial charge in [0.15, 0.2) is 5.96 Å². The summed E-state index contributed by atoms with van der Waals surface area (Å²) in [5.74, 6) is 2.47. The van der Waals surface area contributed by atoms with Crippen molar-refractivity contribution in [2.24, 2.45) is 4.99 Å². The topological polar surface area (TPSA) is 58.1 Å². The molecule has 2 aromatic rings. The molecule has 2 aromatic carbocycles. The predicted octanol–water partition coefficient (Wildman–Crippen LogP) is 2.67. The third-order valence-electron chi connectivity index (χ3n) is 4.40. The number of hydrogen-bond donors (Lipinski definition) is 2. The molecule has 0 aromatic heterocycles. The number of aliphatic imine (C=N–C) groups is 1. The highest BCUT2D eigenvalue weighted by atomic mass is 16.5. The van der Waals surface area contributed by atoms with E-state index in [1.54, 1.807) is 21.3 Å². The van der Waals surface area contributed by atoms with Crippen LogP contribution in [0.25, 0.3) is 0 Å². The van der Waals surface area contributed by atoms with Gasteiger partial charge < -0.3 is 25.0 Å². The molecule has 0 radical (unpaired) electrons. The molecule has 27 heavy (non-hydrogen) atoms. The first-order valence-corrected chi connectivity index (χ1v) is 8.95. The molecule has 0 aliphatic heterocycles. The number of guanidine groups is 1.